The van der Waals surface area contributed by atoms with E-state index in [4.69, 9.17) is 0 Å². The average molecular weight is 190 g/mol. The maximum absolute atomic E-state index is 11.4. The van der Waals surface area contributed by atoms with Crippen molar-refractivity contribution in [2.45, 2.75) is 13.0 Å². The highest BCUT2D eigenvalue weighted by Gasteiger charge is 2.35. The first kappa shape index (κ1) is 8.74. The summed E-state index contributed by atoms with van der Waals surface area (Å²) < 4.78 is 0. The lowest BCUT2D eigenvalue weighted by Gasteiger charge is -2.15. The Kier molecular flexibility index (Phi) is 1.96. The molecular formula is C10H10N2O2. The Morgan fingerprint density at radius 3 is 2.93 bits per heavy atom. The molecule has 2 aliphatic rings. The zero-order valence-corrected chi connectivity index (χ0v) is 7.73. The van der Waals surface area contributed by atoms with Gasteiger partial charge in [0.1, 0.15) is 6.04 Å². The molecule has 4 nitrogen and oxygen atoms in total. The number of nitrogens with zero attached hydrogens (tertiary/aromatic N) is 1. The largest absolute Gasteiger partial charge is 0.329 e. The first-order chi connectivity index (χ1) is 6.70. The van der Waals surface area contributed by atoms with Crippen LogP contribution in [0.5, 0.6) is 0 Å². The van der Waals surface area contributed by atoms with Crippen molar-refractivity contribution in [3.63, 3.8) is 0 Å². The fourth-order valence-corrected chi connectivity index (χ4v) is 1.58. The SMILES string of the molecule is CC(=O)N1C(=O)NC2=CC=CC=CC21. The third-order valence-electron chi connectivity index (χ3n) is 2.20. The fraction of sp³-hybridized carbons (Fsp3) is 0.200. The van der Waals surface area contributed by atoms with Gasteiger partial charge in [0.15, 0.2) is 0 Å². The topological polar surface area (TPSA) is 49.4 Å². The normalized spacial score (nSPS) is 24.1. The van der Waals surface area contributed by atoms with E-state index < -0.39 is 0 Å². The third kappa shape index (κ3) is 1.25. The molecular weight excluding hydrogens is 180 g/mol. The summed E-state index contributed by atoms with van der Waals surface area (Å²) in [6.07, 6.45) is 9.12. The van der Waals surface area contributed by atoms with Gasteiger partial charge in [0.25, 0.3) is 0 Å². The van der Waals surface area contributed by atoms with Crippen molar-refractivity contribution in [1.29, 1.82) is 0 Å². The summed E-state index contributed by atoms with van der Waals surface area (Å²) >= 11 is 0. The molecule has 1 aliphatic heterocycles. The zero-order chi connectivity index (χ0) is 10.1. The van der Waals surface area contributed by atoms with E-state index in [2.05, 4.69) is 5.32 Å². The Balaban J connectivity index is 2.39. The van der Waals surface area contributed by atoms with E-state index in [1.807, 2.05) is 24.3 Å². The highest BCUT2D eigenvalue weighted by molar-refractivity contribution is 5.97. The molecule has 72 valence electrons. The van der Waals surface area contributed by atoms with Gasteiger partial charge >= 0.3 is 6.03 Å². The summed E-state index contributed by atoms with van der Waals surface area (Å²) in [7, 11) is 0. The Bertz CT molecular complexity index is 380. The van der Waals surface area contributed by atoms with Crippen LogP contribution in [0.2, 0.25) is 0 Å². The minimum atomic E-state index is -0.353. The number of fused-ring (bicyclic) bond motifs is 1. The molecule has 14 heavy (non-hydrogen) atoms. The summed E-state index contributed by atoms with van der Waals surface area (Å²) in [5, 5.41) is 2.65. The molecule has 0 saturated carbocycles. The molecule has 1 aliphatic carbocycles. The van der Waals surface area contributed by atoms with E-state index in [9.17, 15) is 9.59 Å². The lowest BCUT2D eigenvalue weighted by Crippen LogP contribution is -2.36. The molecule has 0 aromatic carbocycles. The zero-order valence-electron chi connectivity index (χ0n) is 7.73. The van der Waals surface area contributed by atoms with Crippen LogP contribution < -0.4 is 5.32 Å². The molecule has 1 unspecified atom stereocenters. The monoisotopic (exact) mass is 190 g/mol. The molecule has 1 saturated heterocycles. The second kappa shape index (κ2) is 3.14. The molecule has 1 fully saturated rings. The van der Waals surface area contributed by atoms with Crippen LogP contribution >= 0.6 is 0 Å². The number of allylic oxidation sites excluding steroid dienone is 4. The van der Waals surface area contributed by atoms with Gasteiger partial charge in [-0.25, -0.2) is 4.79 Å². The summed E-state index contributed by atoms with van der Waals surface area (Å²) in [4.78, 5) is 23.8. The van der Waals surface area contributed by atoms with Gasteiger partial charge in [0, 0.05) is 12.6 Å². The molecule has 0 spiro atoms. The summed E-state index contributed by atoms with van der Waals surface area (Å²) in [6.45, 7) is 1.38. The first-order valence-corrected chi connectivity index (χ1v) is 4.36. The van der Waals surface area contributed by atoms with Crippen molar-refractivity contribution in [2.24, 2.45) is 0 Å². The van der Waals surface area contributed by atoms with E-state index in [-0.39, 0.29) is 18.0 Å². The predicted octanol–water partition coefficient (Wildman–Crippen LogP) is 0.937. The van der Waals surface area contributed by atoms with Crippen molar-refractivity contribution in [1.82, 2.24) is 10.2 Å². The van der Waals surface area contributed by atoms with Crippen LogP contribution in [0.15, 0.2) is 36.1 Å². The molecule has 1 heterocycles. The lowest BCUT2D eigenvalue weighted by molar-refractivity contribution is -0.126. The van der Waals surface area contributed by atoms with Gasteiger partial charge in [-0.3, -0.25) is 9.69 Å². The number of carbonyl (C=O) groups excluding carboxylic acids is 2. The minimum Gasteiger partial charge on any atom is -0.309 e. The second-order valence-corrected chi connectivity index (χ2v) is 3.16. The lowest BCUT2D eigenvalue weighted by atomic mass is 10.2. The van der Waals surface area contributed by atoms with Crippen molar-refractivity contribution >= 4 is 11.9 Å². The van der Waals surface area contributed by atoms with E-state index in [0.717, 1.165) is 5.70 Å². The number of nitrogens with one attached hydrogen (secondary N) is 1. The Hall–Kier alpha value is -1.84. The van der Waals surface area contributed by atoms with Gasteiger partial charge in [-0.15, -0.1) is 0 Å². The van der Waals surface area contributed by atoms with Gasteiger partial charge in [0.2, 0.25) is 5.91 Å². The number of hydrogen-bond acceptors (Lipinski definition) is 2. The standard InChI is InChI=1S/C10H10N2O2/c1-7(13)12-9-6-4-2-3-5-8(9)11-10(12)14/h2-6,9H,1H3,(H,11,14). The van der Waals surface area contributed by atoms with E-state index in [1.54, 1.807) is 6.08 Å². The smallest absolute Gasteiger partial charge is 0.309 e. The quantitative estimate of drug-likeness (QED) is 0.618. The van der Waals surface area contributed by atoms with E-state index in [0.29, 0.717) is 0 Å². The van der Waals surface area contributed by atoms with Crippen LogP contribution in [-0.2, 0) is 4.79 Å². The maximum atomic E-state index is 11.4. The highest BCUT2D eigenvalue weighted by atomic mass is 16.2. The molecule has 1 N–H and O–H groups in total. The molecule has 0 aromatic heterocycles. The third-order valence-corrected chi connectivity index (χ3v) is 2.20. The molecule has 4 heteroatoms. The molecule has 0 bridgehead atoms. The number of imide groups is 1. The van der Waals surface area contributed by atoms with Crippen LogP contribution in [0.25, 0.3) is 0 Å². The van der Waals surface area contributed by atoms with Crippen molar-refractivity contribution in [3.05, 3.63) is 36.1 Å². The van der Waals surface area contributed by atoms with Gasteiger partial charge < -0.3 is 5.32 Å². The number of hydrogen-bond donors (Lipinski definition) is 1. The number of urea groups is 1. The molecule has 0 aromatic rings. The summed E-state index contributed by atoms with van der Waals surface area (Å²) in [5.41, 5.74) is 0.746. The van der Waals surface area contributed by atoms with Crippen LogP contribution in [0.3, 0.4) is 0 Å². The number of amides is 3. The van der Waals surface area contributed by atoms with Crippen molar-refractivity contribution in [3.8, 4) is 0 Å². The van der Waals surface area contributed by atoms with Gasteiger partial charge in [-0.05, 0) is 6.08 Å². The summed E-state index contributed by atoms with van der Waals surface area (Å²) in [6, 6.07) is -0.622. The van der Waals surface area contributed by atoms with E-state index in [1.165, 1.54) is 11.8 Å². The van der Waals surface area contributed by atoms with Crippen LogP contribution in [0, 0.1) is 0 Å². The molecule has 1 atom stereocenters. The minimum absolute atomic E-state index is 0.248. The van der Waals surface area contributed by atoms with Crippen LogP contribution in [0.1, 0.15) is 6.92 Å². The maximum Gasteiger partial charge on any atom is 0.329 e. The van der Waals surface area contributed by atoms with Gasteiger partial charge in [0.05, 0.1) is 0 Å². The summed E-state index contributed by atoms with van der Waals surface area (Å²) in [5.74, 6) is -0.248. The predicted molar refractivity (Wildman–Crippen MR) is 51.2 cm³/mol. The van der Waals surface area contributed by atoms with Crippen LogP contribution in [-0.4, -0.2) is 22.9 Å². The molecule has 2 rings (SSSR count). The van der Waals surface area contributed by atoms with Crippen molar-refractivity contribution in [2.75, 3.05) is 0 Å². The highest BCUT2D eigenvalue weighted by Crippen LogP contribution is 2.20. The fourth-order valence-electron chi connectivity index (χ4n) is 1.58. The number of rotatable bonds is 0. The first-order valence-electron chi connectivity index (χ1n) is 4.36. The average Bonchev–Trinajstić information content (AvgIpc) is 2.31. The Morgan fingerprint density at radius 2 is 2.21 bits per heavy atom. The second-order valence-electron chi connectivity index (χ2n) is 3.16. The number of carbonyl (C=O) groups is 2. The van der Waals surface area contributed by atoms with E-state index >= 15 is 0 Å². The molecule has 0 radical (unpaired) electrons. The van der Waals surface area contributed by atoms with Gasteiger partial charge in [-0.2, -0.15) is 0 Å². The molecule has 3 amide bonds. The van der Waals surface area contributed by atoms with Crippen LogP contribution in [0.4, 0.5) is 4.79 Å². The van der Waals surface area contributed by atoms with Crippen molar-refractivity contribution < 1.29 is 9.59 Å². The Labute approximate surface area is 81.6 Å². The Morgan fingerprint density at radius 1 is 1.43 bits per heavy atom. The van der Waals surface area contributed by atoms with Gasteiger partial charge in [-0.1, -0.05) is 24.3 Å².